The smallest absolute Gasteiger partial charge is 0.166 e. The quantitative estimate of drug-likeness (QED) is 0.836. The van der Waals surface area contributed by atoms with Crippen LogP contribution in [-0.4, -0.2) is 12.3 Å². The van der Waals surface area contributed by atoms with E-state index in [0.29, 0.717) is 17.7 Å². The molecule has 0 bridgehead atoms. The average Bonchev–Trinajstić information content (AvgIpc) is 2.41. The van der Waals surface area contributed by atoms with Gasteiger partial charge in [0.05, 0.1) is 0 Å². The van der Waals surface area contributed by atoms with Gasteiger partial charge < -0.3 is 5.73 Å². The number of carbonyl (C=O) groups is 1. The first kappa shape index (κ1) is 13.2. The Kier molecular flexibility index (Phi) is 4.12. The Balaban J connectivity index is 2.21. The Morgan fingerprint density at radius 2 is 2.11 bits per heavy atom. The molecule has 0 heterocycles. The van der Waals surface area contributed by atoms with E-state index < -0.39 is 0 Å². The van der Waals surface area contributed by atoms with Crippen LogP contribution in [0.3, 0.4) is 0 Å². The largest absolute Gasteiger partial charge is 0.330 e. The van der Waals surface area contributed by atoms with Crippen LogP contribution >= 0.6 is 0 Å². The standard InChI is InChI=1S/C15H20FNO/c1-10-6-7-11(8-14(10)16)15(18)13-5-3-2-4-12(13)9-17/h6-8,12-13H,2-5,9,17H2,1H3. The molecule has 98 valence electrons. The van der Waals surface area contributed by atoms with E-state index in [2.05, 4.69) is 0 Å². The second-order valence-corrected chi connectivity index (χ2v) is 5.21. The van der Waals surface area contributed by atoms with Gasteiger partial charge in [0.1, 0.15) is 5.82 Å². The van der Waals surface area contributed by atoms with Gasteiger partial charge in [-0.05, 0) is 43.9 Å². The lowest BCUT2D eigenvalue weighted by Crippen LogP contribution is -2.32. The van der Waals surface area contributed by atoms with E-state index >= 15 is 0 Å². The highest BCUT2D eigenvalue weighted by Gasteiger charge is 2.30. The Bertz CT molecular complexity index is 444. The molecule has 1 aliphatic rings. The van der Waals surface area contributed by atoms with Crippen LogP contribution in [0.15, 0.2) is 18.2 Å². The zero-order chi connectivity index (χ0) is 13.1. The number of aryl methyl sites for hydroxylation is 1. The molecule has 0 saturated heterocycles. The average molecular weight is 249 g/mol. The number of benzene rings is 1. The zero-order valence-electron chi connectivity index (χ0n) is 10.8. The number of carbonyl (C=O) groups excluding carboxylic acids is 1. The first-order valence-corrected chi connectivity index (χ1v) is 6.64. The second kappa shape index (κ2) is 5.61. The van der Waals surface area contributed by atoms with Crippen molar-refractivity contribution < 1.29 is 9.18 Å². The molecule has 0 aliphatic heterocycles. The van der Waals surface area contributed by atoms with E-state index in [9.17, 15) is 9.18 Å². The molecule has 2 rings (SSSR count). The summed E-state index contributed by atoms with van der Waals surface area (Å²) < 4.78 is 13.5. The van der Waals surface area contributed by atoms with E-state index in [0.717, 1.165) is 25.7 Å². The summed E-state index contributed by atoms with van der Waals surface area (Å²) in [4.78, 5) is 12.4. The fourth-order valence-electron chi connectivity index (χ4n) is 2.80. The minimum absolute atomic E-state index is 0.0224. The summed E-state index contributed by atoms with van der Waals surface area (Å²) >= 11 is 0. The second-order valence-electron chi connectivity index (χ2n) is 5.21. The molecule has 2 N–H and O–H groups in total. The third-order valence-electron chi connectivity index (χ3n) is 4.00. The van der Waals surface area contributed by atoms with Crippen LogP contribution < -0.4 is 5.73 Å². The predicted octanol–water partition coefficient (Wildman–Crippen LogP) is 3.08. The Morgan fingerprint density at radius 1 is 1.39 bits per heavy atom. The lowest BCUT2D eigenvalue weighted by molar-refractivity contribution is 0.0829. The van der Waals surface area contributed by atoms with Crippen molar-refractivity contribution in [3.63, 3.8) is 0 Å². The maximum absolute atomic E-state index is 13.5. The number of hydrogen-bond acceptors (Lipinski definition) is 2. The summed E-state index contributed by atoms with van der Waals surface area (Å²) in [5.74, 6) is -0.00789. The highest BCUT2D eigenvalue weighted by atomic mass is 19.1. The monoisotopic (exact) mass is 249 g/mol. The van der Waals surface area contributed by atoms with Crippen molar-refractivity contribution in [1.82, 2.24) is 0 Å². The molecule has 2 unspecified atom stereocenters. The number of halogens is 1. The van der Waals surface area contributed by atoms with Gasteiger partial charge in [0.25, 0.3) is 0 Å². The third-order valence-corrected chi connectivity index (χ3v) is 4.00. The number of ketones is 1. The summed E-state index contributed by atoms with van der Waals surface area (Å²) in [7, 11) is 0. The Hall–Kier alpha value is -1.22. The topological polar surface area (TPSA) is 43.1 Å². The van der Waals surface area contributed by atoms with E-state index in [4.69, 9.17) is 5.73 Å². The van der Waals surface area contributed by atoms with Crippen LogP contribution in [0.2, 0.25) is 0 Å². The van der Waals surface area contributed by atoms with Crippen LogP contribution in [0.25, 0.3) is 0 Å². The Labute approximate surface area is 107 Å². The number of Topliss-reactive ketones (excluding diaryl/α,β-unsaturated/α-hetero) is 1. The highest BCUT2D eigenvalue weighted by molar-refractivity contribution is 5.98. The molecule has 3 heteroatoms. The molecule has 0 spiro atoms. The molecule has 2 nitrogen and oxygen atoms in total. The summed E-state index contributed by atoms with van der Waals surface area (Å²) in [5.41, 5.74) is 6.80. The minimum atomic E-state index is -0.305. The van der Waals surface area contributed by atoms with E-state index in [1.54, 1.807) is 19.1 Å². The SMILES string of the molecule is Cc1ccc(C(=O)C2CCCCC2CN)cc1F. The number of rotatable bonds is 3. The van der Waals surface area contributed by atoms with E-state index in [-0.39, 0.29) is 23.4 Å². The van der Waals surface area contributed by atoms with Crippen molar-refractivity contribution in [2.75, 3.05) is 6.54 Å². The molecular formula is C15H20FNO. The van der Waals surface area contributed by atoms with Gasteiger partial charge in [-0.1, -0.05) is 25.0 Å². The van der Waals surface area contributed by atoms with Gasteiger partial charge in [-0.25, -0.2) is 4.39 Å². The van der Waals surface area contributed by atoms with Crippen molar-refractivity contribution in [3.05, 3.63) is 35.1 Å². The molecule has 0 aromatic heterocycles. The Morgan fingerprint density at radius 3 is 2.78 bits per heavy atom. The first-order valence-electron chi connectivity index (χ1n) is 6.64. The molecule has 0 amide bonds. The van der Waals surface area contributed by atoms with Gasteiger partial charge >= 0.3 is 0 Å². The molecule has 1 aromatic rings. The van der Waals surface area contributed by atoms with Crippen LogP contribution in [0.1, 0.15) is 41.6 Å². The van der Waals surface area contributed by atoms with Gasteiger partial charge in [0.2, 0.25) is 0 Å². The van der Waals surface area contributed by atoms with Crippen molar-refractivity contribution in [2.24, 2.45) is 17.6 Å². The van der Waals surface area contributed by atoms with Crippen LogP contribution in [0.5, 0.6) is 0 Å². The normalized spacial score (nSPS) is 23.9. The summed E-state index contributed by atoms with van der Waals surface area (Å²) in [5, 5.41) is 0. The molecule has 1 aliphatic carbocycles. The molecule has 1 saturated carbocycles. The van der Waals surface area contributed by atoms with Crippen LogP contribution in [0.4, 0.5) is 4.39 Å². The molecule has 0 radical (unpaired) electrons. The number of nitrogens with two attached hydrogens (primary N) is 1. The maximum Gasteiger partial charge on any atom is 0.166 e. The third kappa shape index (κ3) is 2.61. The summed E-state index contributed by atoms with van der Waals surface area (Å²) in [6, 6.07) is 4.76. The van der Waals surface area contributed by atoms with Crippen molar-refractivity contribution >= 4 is 5.78 Å². The van der Waals surface area contributed by atoms with E-state index in [1.165, 1.54) is 6.07 Å². The van der Waals surface area contributed by atoms with Crippen LogP contribution in [-0.2, 0) is 0 Å². The molecule has 18 heavy (non-hydrogen) atoms. The maximum atomic E-state index is 13.5. The van der Waals surface area contributed by atoms with Gasteiger partial charge in [-0.15, -0.1) is 0 Å². The zero-order valence-corrected chi connectivity index (χ0v) is 10.8. The predicted molar refractivity (Wildman–Crippen MR) is 70.0 cm³/mol. The molecule has 1 fully saturated rings. The van der Waals surface area contributed by atoms with Gasteiger partial charge in [-0.2, -0.15) is 0 Å². The van der Waals surface area contributed by atoms with Crippen molar-refractivity contribution in [2.45, 2.75) is 32.6 Å². The lowest BCUT2D eigenvalue weighted by atomic mass is 9.75. The first-order chi connectivity index (χ1) is 8.63. The van der Waals surface area contributed by atoms with Gasteiger partial charge in [0.15, 0.2) is 5.78 Å². The fourth-order valence-corrected chi connectivity index (χ4v) is 2.80. The summed E-state index contributed by atoms with van der Waals surface area (Å²) in [6.07, 6.45) is 4.12. The van der Waals surface area contributed by atoms with Crippen molar-refractivity contribution in [3.8, 4) is 0 Å². The molecule has 2 atom stereocenters. The lowest BCUT2D eigenvalue weighted by Gasteiger charge is -2.29. The van der Waals surface area contributed by atoms with Crippen LogP contribution in [0, 0.1) is 24.6 Å². The van der Waals surface area contributed by atoms with Gasteiger partial charge in [0, 0.05) is 11.5 Å². The number of hydrogen-bond donors (Lipinski definition) is 1. The van der Waals surface area contributed by atoms with Crippen molar-refractivity contribution in [1.29, 1.82) is 0 Å². The molecular weight excluding hydrogens is 229 g/mol. The van der Waals surface area contributed by atoms with E-state index in [1.807, 2.05) is 0 Å². The molecule has 1 aromatic carbocycles. The highest BCUT2D eigenvalue weighted by Crippen LogP contribution is 2.32. The van der Waals surface area contributed by atoms with Gasteiger partial charge in [-0.3, -0.25) is 4.79 Å². The summed E-state index contributed by atoms with van der Waals surface area (Å²) in [6.45, 7) is 2.25. The minimum Gasteiger partial charge on any atom is -0.330 e. The fraction of sp³-hybridized carbons (Fsp3) is 0.533.